The number of hydrogen-bond donors (Lipinski definition) is 1. The summed E-state index contributed by atoms with van der Waals surface area (Å²) >= 11 is 0. The van der Waals surface area contributed by atoms with E-state index in [4.69, 9.17) is 20.2 Å². The summed E-state index contributed by atoms with van der Waals surface area (Å²) in [5.74, 6) is 7.23. The lowest BCUT2D eigenvalue weighted by molar-refractivity contribution is 0.129. The van der Waals surface area contributed by atoms with Gasteiger partial charge in [0, 0.05) is 24.6 Å². The first-order valence-electron chi connectivity index (χ1n) is 10.5. The molecule has 0 atom stereocenters. The van der Waals surface area contributed by atoms with Gasteiger partial charge in [-0.1, -0.05) is 42.4 Å². The quantitative estimate of drug-likeness (QED) is 0.253. The molecule has 0 spiro atoms. The summed E-state index contributed by atoms with van der Waals surface area (Å²) in [5, 5.41) is 14.2. The second-order valence-corrected chi connectivity index (χ2v) is 7.27. The molecule has 8 heteroatoms. The number of oxime groups is 1. The van der Waals surface area contributed by atoms with Crippen molar-refractivity contribution < 1.29 is 14.3 Å². The Morgan fingerprint density at radius 2 is 1.75 bits per heavy atom. The minimum absolute atomic E-state index is 0.301. The molecule has 2 aromatic carbocycles. The van der Waals surface area contributed by atoms with Crippen LogP contribution in [0.3, 0.4) is 0 Å². The summed E-state index contributed by atoms with van der Waals surface area (Å²) in [6.45, 7) is 8.30. The van der Waals surface area contributed by atoms with Crippen molar-refractivity contribution in [3.8, 4) is 5.75 Å². The molecular formula is C24H33N5O3. The standard InChI is InChI=1S/C24H33N5O3/c1-7-24(31-16-21-17(2)11-10-13-22(21)29(5)25)27-26-18(3)19(4)28-32-15-20-12-8-9-14-23(20)30-6/h8-14H,7,15-16,25H2,1-6H3/b26-18?,27-24?,28-19+. The number of nitrogens with two attached hydrogens (primary N) is 1. The number of methoxy groups -OCH3 is 1. The van der Waals surface area contributed by atoms with E-state index in [1.54, 1.807) is 19.2 Å². The average Bonchev–Trinajstić information content (AvgIpc) is 2.79. The molecule has 2 N–H and O–H groups in total. The van der Waals surface area contributed by atoms with E-state index in [1.807, 2.05) is 70.2 Å². The zero-order chi connectivity index (χ0) is 23.5. The van der Waals surface area contributed by atoms with E-state index in [-0.39, 0.29) is 0 Å². The minimum Gasteiger partial charge on any atom is -0.496 e. The summed E-state index contributed by atoms with van der Waals surface area (Å²) in [4.78, 5) is 5.46. The van der Waals surface area contributed by atoms with Crippen molar-refractivity contribution in [2.45, 2.75) is 47.3 Å². The summed E-state index contributed by atoms with van der Waals surface area (Å²) in [6.07, 6.45) is 0.608. The maximum Gasteiger partial charge on any atom is 0.208 e. The SMILES string of the molecule is CCC(=NN=C(C)/C(C)=N/OCc1ccccc1OC)OCc1c(C)cccc1N(C)N. The molecule has 0 aromatic heterocycles. The maximum absolute atomic E-state index is 5.94. The third-order valence-corrected chi connectivity index (χ3v) is 4.90. The third kappa shape index (κ3) is 7.09. The van der Waals surface area contributed by atoms with Crippen molar-refractivity contribution in [3.63, 3.8) is 0 Å². The van der Waals surface area contributed by atoms with Crippen LogP contribution in [0, 0.1) is 6.92 Å². The van der Waals surface area contributed by atoms with Crippen molar-refractivity contribution in [3.05, 3.63) is 59.2 Å². The van der Waals surface area contributed by atoms with Crippen LogP contribution in [-0.2, 0) is 22.8 Å². The zero-order valence-corrected chi connectivity index (χ0v) is 19.8. The van der Waals surface area contributed by atoms with E-state index >= 15 is 0 Å². The Balaban J connectivity index is 2.01. The summed E-state index contributed by atoms with van der Waals surface area (Å²) < 4.78 is 11.2. The Kier molecular flexibility index (Phi) is 9.69. The van der Waals surface area contributed by atoms with Gasteiger partial charge in [-0.25, -0.2) is 5.84 Å². The van der Waals surface area contributed by atoms with E-state index in [2.05, 4.69) is 15.4 Å². The lowest BCUT2D eigenvalue weighted by Crippen LogP contribution is -2.26. The predicted octanol–water partition coefficient (Wildman–Crippen LogP) is 4.61. The van der Waals surface area contributed by atoms with Crippen LogP contribution in [0.5, 0.6) is 5.75 Å². The average molecular weight is 440 g/mol. The minimum atomic E-state index is 0.301. The van der Waals surface area contributed by atoms with Gasteiger partial charge < -0.3 is 19.3 Å². The van der Waals surface area contributed by atoms with Crippen LogP contribution in [0.2, 0.25) is 0 Å². The summed E-state index contributed by atoms with van der Waals surface area (Å²) in [7, 11) is 3.43. The summed E-state index contributed by atoms with van der Waals surface area (Å²) in [6, 6.07) is 13.6. The number of aryl methyl sites for hydroxylation is 1. The first kappa shape index (κ1) is 24.9. The highest BCUT2D eigenvalue weighted by molar-refractivity contribution is 6.40. The number of benzene rings is 2. The first-order chi connectivity index (χ1) is 15.4. The van der Waals surface area contributed by atoms with E-state index in [0.717, 1.165) is 28.1 Å². The van der Waals surface area contributed by atoms with Crippen molar-refractivity contribution in [2.24, 2.45) is 21.2 Å². The molecule has 0 unspecified atom stereocenters. The molecule has 172 valence electrons. The Hall–Kier alpha value is -3.39. The number of hydrazine groups is 1. The van der Waals surface area contributed by atoms with Gasteiger partial charge in [0.1, 0.15) is 19.0 Å². The Labute approximate surface area is 190 Å². The molecule has 0 heterocycles. The molecule has 2 aromatic rings. The van der Waals surface area contributed by atoms with E-state index in [9.17, 15) is 0 Å². The molecule has 32 heavy (non-hydrogen) atoms. The number of hydrogen-bond acceptors (Lipinski definition) is 8. The number of rotatable bonds is 10. The molecular weight excluding hydrogens is 406 g/mol. The van der Waals surface area contributed by atoms with Crippen molar-refractivity contribution in [2.75, 3.05) is 19.2 Å². The second-order valence-electron chi connectivity index (χ2n) is 7.27. The third-order valence-electron chi connectivity index (χ3n) is 4.90. The lowest BCUT2D eigenvalue weighted by Gasteiger charge is -2.19. The van der Waals surface area contributed by atoms with Crippen LogP contribution < -0.4 is 15.6 Å². The van der Waals surface area contributed by atoms with Gasteiger partial charge in [-0.15, -0.1) is 5.10 Å². The number of ether oxygens (including phenoxy) is 2. The topological polar surface area (TPSA) is 94.0 Å². The first-order valence-corrected chi connectivity index (χ1v) is 10.5. The molecule has 2 rings (SSSR count). The van der Waals surface area contributed by atoms with Crippen molar-refractivity contribution in [1.82, 2.24) is 0 Å². The Morgan fingerprint density at radius 1 is 1.00 bits per heavy atom. The van der Waals surface area contributed by atoms with Gasteiger partial charge in [0.25, 0.3) is 0 Å². The van der Waals surface area contributed by atoms with Crippen molar-refractivity contribution in [1.29, 1.82) is 0 Å². The smallest absolute Gasteiger partial charge is 0.208 e. The van der Waals surface area contributed by atoms with Gasteiger partial charge in [0.15, 0.2) is 0 Å². The Bertz CT molecular complexity index is 983. The van der Waals surface area contributed by atoms with Gasteiger partial charge in [-0.3, -0.25) is 0 Å². The van der Waals surface area contributed by atoms with Crippen LogP contribution in [0.1, 0.15) is 43.9 Å². The number of para-hydroxylation sites is 1. The van der Waals surface area contributed by atoms with Gasteiger partial charge >= 0.3 is 0 Å². The van der Waals surface area contributed by atoms with Gasteiger partial charge in [0.2, 0.25) is 5.90 Å². The van der Waals surface area contributed by atoms with Crippen LogP contribution in [-0.4, -0.2) is 31.5 Å². The van der Waals surface area contributed by atoms with Gasteiger partial charge in [0.05, 0.1) is 24.2 Å². The highest BCUT2D eigenvalue weighted by Gasteiger charge is 2.10. The molecule has 0 bridgehead atoms. The van der Waals surface area contributed by atoms with E-state index in [0.29, 0.717) is 37.0 Å². The molecule has 0 aliphatic heterocycles. The fourth-order valence-corrected chi connectivity index (χ4v) is 2.85. The van der Waals surface area contributed by atoms with Crippen LogP contribution in [0.25, 0.3) is 0 Å². The van der Waals surface area contributed by atoms with Crippen LogP contribution in [0.4, 0.5) is 5.69 Å². The van der Waals surface area contributed by atoms with Gasteiger partial charge in [-0.2, -0.15) is 5.10 Å². The van der Waals surface area contributed by atoms with Crippen molar-refractivity contribution >= 4 is 23.0 Å². The van der Waals surface area contributed by atoms with Crippen LogP contribution in [0.15, 0.2) is 57.8 Å². The lowest BCUT2D eigenvalue weighted by atomic mass is 10.1. The maximum atomic E-state index is 5.94. The molecule has 0 saturated carbocycles. The Morgan fingerprint density at radius 3 is 2.44 bits per heavy atom. The van der Waals surface area contributed by atoms with Gasteiger partial charge in [-0.05, 0) is 38.5 Å². The molecule has 0 aliphatic rings. The number of anilines is 1. The van der Waals surface area contributed by atoms with Crippen LogP contribution >= 0.6 is 0 Å². The fourth-order valence-electron chi connectivity index (χ4n) is 2.85. The van der Waals surface area contributed by atoms with E-state index < -0.39 is 0 Å². The highest BCUT2D eigenvalue weighted by atomic mass is 16.6. The largest absolute Gasteiger partial charge is 0.496 e. The zero-order valence-electron chi connectivity index (χ0n) is 19.8. The predicted molar refractivity (Wildman–Crippen MR) is 130 cm³/mol. The highest BCUT2D eigenvalue weighted by Crippen LogP contribution is 2.22. The second kappa shape index (κ2) is 12.5. The fraction of sp³-hybridized carbons (Fsp3) is 0.375. The molecule has 0 saturated heterocycles. The molecule has 0 aliphatic carbocycles. The molecule has 8 nitrogen and oxygen atoms in total. The number of nitrogens with zero attached hydrogens (tertiary/aromatic N) is 4. The monoisotopic (exact) mass is 439 g/mol. The normalized spacial score (nSPS) is 12.5. The summed E-state index contributed by atoms with van der Waals surface area (Å²) in [5.41, 5.74) is 5.21. The molecule has 0 fully saturated rings. The molecule has 0 radical (unpaired) electrons. The van der Waals surface area contributed by atoms with E-state index in [1.165, 1.54) is 0 Å². The molecule has 0 amide bonds.